The van der Waals surface area contributed by atoms with Gasteiger partial charge in [-0.3, -0.25) is 9.36 Å². The van der Waals surface area contributed by atoms with Gasteiger partial charge in [0, 0.05) is 19.2 Å². The Hall–Kier alpha value is -3.80. The molecule has 8 nitrogen and oxygen atoms in total. The van der Waals surface area contributed by atoms with Gasteiger partial charge in [-0.1, -0.05) is 18.2 Å². The van der Waals surface area contributed by atoms with Crippen LogP contribution in [0.4, 0.5) is 23.4 Å². The van der Waals surface area contributed by atoms with Crippen LogP contribution in [-0.2, 0) is 6.54 Å². The van der Waals surface area contributed by atoms with Crippen LogP contribution in [0.3, 0.4) is 0 Å². The highest BCUT2D eigenvalue weighted by atomic mass is 19.4. The number of nitrogens with zero attached hydrogens (tertiary/aromatic N) is 2. The zero-order valence-electron chi connectivity index (χ0n) is 17.8. The molecule has 1 amide bonds. The summed E-state index contributed by atoms with van der Waals surface area (Å²) in [6.07, 6.45) is -4.35. The van der Waals surface area contributed by atoms with Crippen LogP contribution >= 0.6 is 0 Å². The summed E-state index contributed by atoms with van der Waals surface area (Å²) >= 11 is 0. The van der Waals surface area contributed by atoms with Crippen molar-refractivity contribution in [3.63, 3.8) is 0 Å². The van der Waals surface area contributed by atoms with Gasteiger partial charge in [-0.05, 0) is 36.2 Å². The lowest BCUT2D eigenvalue weighted by molar-refractivity contribution is -0.115. The molecule has 4 N–H and O–H groups in total. The zero-order valence-corrected chi connectivity index (χ0v) is 17.8. The van der Waals surface area contributed by atoms with E-state index in [4.69, 9.17) is 9.84 Å². The molecule has 0 saturated heterocycles. The number of rotatable bonds is 10. The molecule has 1 aromatic heterocycles. The topological polar surface area (TPSA) is 109 Å². The van der Waals surface area contributed by atoms with Crippen molar-refractivity contribution in [1.29, 1.82) is 0 Å². The maximum absolute atomic E-state index is 13.4. The van der Waals surface area contributed by atoms with E-state index in [1.807, 2.05) is 0 Å². The Morgan fingerprint density at radius 2 is 1.88 bits per heavy atom. The van der Waals surface area contributed by atoms with Gasteiger partial charge < -0.3 is 25.6 Å². The lowest BCUT2D eigenvalue weighted by Gasteiger charge is -2.14. The van der Waals surface area contributed by atoms with Crippen LogP contribution in [-0.4, -0.2) is 51.5 Å². The Kier molecular flexibility index (Phi) is 7.95. The summed E-state index contributed by atoms with van der Waals surface area (Å²) in [5.41, 5.74) is 0.271. The highest BCUT2D eigenvalue weighted by Crippen LogP contribution is 2.30. The largest absolute Gasteiger partial charge is 0.508 e. The van der Waals surface area contributed by atoms with Gasteiger partial charge in [0.15, 0.2) is 11.5 Å². The molecule has 0 unspecified atom stereocenters. The molecule has 182 valence electrons. The summed E-state index contributed by atoms with van der Waals surface area (Å²) in [5.74, 6) is -1.61. The number of aliphatic hydroxyl groups excluding tert-OH is 1. The number of alkyl halides is 3. The number of hydrogen-bond donors (Lipinski definition) is 4. The lowest BCUT2D eigenvalue weighted by Crippen LogP contribution is -2.29. The molecule has 0 radical (unpaired) electrons. The average molecular weight is 482 g/mol. The molecular weight excluding hydrogens is 460 g/mol. The zero-order chi connectivity index (χ0) is 24.7. The van der Waals surface area contributed by atoms with Crippen LogP contribution in [0.5, 0.6) is 17.5 Å². The van der Waals surface area contributed by atoms with E-state index in [2.05, 4.69) is 15.6 Å². The minimum Gasteiger partial charge on any atom is -0.508 e. The molecule has 0 aliphatic heterocycles. The molecule has 0 aliphatic rings. The number of nitrogens with one attached hydrogen (secondary N) is 2. The average Bonchev–Trinajstić information content (AvgIpc) is 3.10. The first-order chi connectivity index (χ1) is 16.2. The Bertz CT molecular complexity index is 1120. The fourth-order valence-corrected chi connectivity index (χ4v) is 2.98. The number of carbonyl (C=O) groups excluding carboxylic acids is 1. The van der Waals surface area contributed by atoms with Crippen LogP contribution in [0.25, 0.3) is 0 Å². The van der Waals surface area contributed by atoms with Gasteiger partial charge in [0.2, 0.25) is 0 Å². The first kappa shape index (κ1) is 24.8. The summed E-state index contributed by atoms with van der Waals surface area (Å²) in [7, 11) is 0. The van der Waals surface area contributed by atoms with E-state index in [0.29, 0.717) is 5.56 Å². The third-order valence-corrected chi connectivity index (χ3v) is 4.51. The second-order valence-electron chi connectivity index (χ2n) is 7.21. The number of halogens is 4. The molecule has 0 aliphatic carbocycles. The quantitative estimate of drug-likeness (QED) is 0.260. The number of aromatic hydroxyl groups is 1. The summed E-state index contributed by atoms with van der Waals surface area (Å²) < 4.78 is 58.9. The summed E-state index contributed by atoms with van der Waals surface area (Å²) in [6.45, 7) is -1.67. The number of imidazole rings is 1. The molecule has 0 atom stereocenters. The summed E-state index contributed by atoms with van der Waals surface area (Å²) in [4.78, 5) is 17.0. The van der Waals surface area contributed by atoms with Crippen molar-refractivity contribution in [2.45, 2.75) is 19.1 Å². The van der Waals surface area contributed by atoms with Gasteiger partial charge in [-0.25, -0.2) is 4.39 Å². The van der Waals surface area contributed by atoms with Crippen LogP contribution < -0.4 is 15.4 Å². The van der Waals surface area contributed by atoms with Crippen molar-refractivity contribution in [1.82, 2.24) is 14.9 Å². The van der Waals surface area contributed by atoms with E-state index in [-0.39, 0.29) is 55.1 Å². The van der Waals surface area contributed by atoms with Crippen molar-refractivity contribution in [3.8, 4) is 17.5 Å². The highest BCUT2D eigenvalue weighted by molar-refractivity contribution is 5.97. The second-order valence-corrected chi connectivity index (χ2v) is 7.21. The van der Waals surface area contributed by atoms with Gasteiger partial charge in [0.05, 0.1) is 6.54 Å². The molecule has 34 heavy (non-hydrogen) atoms. The van der Waals surface area contributed by atoms with Gasteiger partial charge in [-0.2, -0.15) is 18.2 Å². The van der Waals surface area contributed by atoms with E-state index in [0.717, 1.165) is 0 Å². The number of amides is 1. The number of aromatic nitrogens is 2. The molecule has 3 aromatic rings. The third-order valence-electron chi connectivity index (χ3n) is 4.51. The third kappa shape index (κ3) is 6.85. The summed E-state index contributed by atoms with van der Waals surface area (Å²) in [5, 5.41) is 23.3. The first-order valence-electron chi connectivity index (χ1n) is 10.2. The maximum atomic E-state index is 13.4. The molecule has 0 bridgehead atoms. The van der Waals surface area contributed by atoms with Crippen molar-refractivity contribution in [2.24, 2.45) is 0 Å². The van der Waals surface area contributed by atoms with Crippen LogP contribution in [0.2, 0.25) is 0 Å². The Labute approximate surface area is 191 Å². The van der Waals surface area contributed by atoms with Crippen molar-refractivity contribution < 1.29 is 37.3 Å². The number of hydrogen-bond acceptors (Lipinski definition) is 6. The number of benzene rings is 2. The highest BCUT2D eigenvalue weighted by Gasteiger charge is 2.30. The van der Waals surface area contributed by atoms with Crippen molar-refractivity contribution >= 4 is 11.7 Å². The van der Waals surface area contributed by atoms with Crippen molar-refractivity contribution in [3.05, 3.63) is 65.6 Å². The number of phenols is 1. The fourth-order valence-electron chi connectivity index (χ4n) is 2.98. The van der Waals surface area contributed by atoms with Gasteiger partial charge in [0.25, 0.3) is 5.91 Å². The number of aliphatic hydroxyl groups is 1. The minimum absolute atomic E-state index is 0.0680. The molecule has 0 fully saturated rings. The molecule has 12 heteroatoms. The van der Waals surface area contributed by atoms with E-state index in [9.17, 15) is 27.5 Å². The molecular formula is C22H22F4N4O4. The monoisotopic (exact) mass is 482 g/mol. The Morgan fingerprint density at radius 1 is 1.15 bits per heavy atom. The predicted molar refractivity (Wildman–Crippen MR) is 114 cm³/mol. The van der Waals surface area contributed by atoms with E-state index in [1.54, 1.807) is 0 Å². The van der Waals surface area contributed by atoms with E-state index in [1.165, 1.54) is 53.1 Å². The number of anilines is 1. The van der Waals surface area contributed by atoms with E-state index < -0.39 is 24.4 Å². The minimum atomic E-state index is -4.59. The van der Waals surface area contributed by atoms with Gasteiger partial charge >= 0.3 is 12.2 Å². The number of ether oxygens (including phenoxy) is 1. The normalized spacial score (nSPS) is 11.3. The first-order valence-corrected chi connectivity index (χ1v) is 10.2. The van der Waals surface area contributed by atoms with Gasteiger partial charge in [0.1, 0.15) is 23.9 Å². The Morgan fingerprint density at radius 3 is 2.53 bits per heavy atom. The second kappa shape index (κ2) is 10.9. The van der Waals surface area contributed by atoms with Gasteiger partial charge in [-0.15, -0.1) is 0 Å². The molecule has 0 saturated carbocycles. The standard InChI is InChI=1S/C22H22F4N4O4/c23-15-7-5-14(6-8-15)12-30-18(20(33)27-9-2-10-31)19(28-13-22(24,25)26)29-21(30)34-17-4-1-3-16(32)11-17/h1,3-8,11,28,31-32H,2,9-10,12-13H2,(H,27,33). The van der Waals surface area contributed by atoms with Crippen LogP contribution in [0.15, 0.2) is 48.5 Å². The fraction of sp³-hybridized carbons (Fsp3) is 0.273. The smallest absolute Gasteiger partial charge is 0.405 e. The number of carbonyl (C=O) groups is 1. The van der Waals surface area contributed by atoms with Crippen LogP contribution in [0, 0.1) is 5.82 Å². The summed E-state index contributed by atoms with van der Waals surface area (Å²) in [6, 6.07) is 10.7. The van der Waals surface area contributed by atoms with Crippen LogP contribution in [0.1, 0.15) is 22.5 Å². The molecule has 0 spiro atoms. The molecule has 3 rings (SSSR count). The maximum Gasteiger partial charge on any atom is 0.405 e. The molecule has 1 heterocycles. The van der Waals surface area contributed by atoms with E-state index >= 15 is 0 Å². The van der Waals surface area contributed by atoms with Crippen molar-refractivity contribution in [2.75, 3.05) is 25.0 Å². The molecule has 2 aromatic carbocycles. The Balaban J connectivity index is 2.06. The SMILES string of the molecule is O=C(NCCCO)c1c(NCC(F)(F)F)nc(Oc2cccc(O)c2)n1Cc1ccc(F)cc1. The predicted octanol–water partition coefficient (Wildman–Crippen LogP) is 3.65. The lowest BCUT2D eigenvalue weighted by atomic mass is 10.2. The number of phenolic OH excluding ortho intramolecular Hbond substituents is 1.